The molecule has 3 heterocycles. The maximum absolute atomic E-state index is 13.4. The molecule has 1 unspecified atom stereocenters. The average molecular weight is 395 g/mol. The van der Waals surface area contributed by atoms with E-state index in [2.05, 4.69) is 10.2 Å². The van der Waals surface area contributed by atoms with Gasteiger partial charge in [0.15, 0.2) is 0 Å². The van der Waals surface area contributed by atoms with Crippen LogP contribution >= 0.6 is 0 Å². The number of β-amino-alcohol motifs (C(OH)–C–C–N with tert-alkyl or cyclic N) is 1. The summed E-state index contributed by atoms with van der Waals surface area (Å²) in [5.41, 5.74) is 1.91. The molecule has 0 spiro atoms. The highest BCUT2D eigenvalue weighted by atomic mass is 16.3. The first-order valence-corrected chi connectivity index (χ1v) is 11.3. The molecule has 5 fully saturated rings. The number of imidazole rings is 1. The molecule has 6 nitrogen and oxygen atoms in total. The van der Waals surface area contributed by atoms with E-state index in [9.17, 15) is 9.90 Å². The Labute approximate surface area is 171 Å². The van der Waals surface area contributed by atoms with Crippen LogP contribution < -0.4 is 5.32 Å². The standard InChI is InChI=1S/C23H30N4O2/c28-18-4-6-26(13-18)14-19-20-3-1-2-5-27(20)21(24-19)22(29)25-23-10-15-7-16(11-23)9-17(8-15)12-23/h1-3,5,15-18,28H,4,6-14H2,(H,25,29). The minimum absolute atomic E-state index is 0.00826. The van der Waals surface area contributed by atoms with E-state index in [4.69, 9.17) is 4.98 Å². The summed E-state index contributed by atoms with van der Waals surface area (Å²) >= 11 is 0. The monoisotopic (exact) mass is 394 g/mol. The molecule has 4 aliphatic carbocycles. The molecule has 154 valence electrons. The molecule has 1 aliphatic heterocycles. The van der Waals surface area contributed by atoms with Crippen LogP contribution in [0, 0.1) is 17.8 Å². The second kappa shape index (κ2) is 6.54. The number of amides is 1. The molecule has 0 aromatic carbocycles. The molecule has 1 atom stereocenters. The smallest absolute Gasteiger partial charge is 0.288 e. The maximum Gasteiger partial charge on any atom is 0.288 e. The van der Waals surface area contributed by atoms with E-state index in [1.54, 1.807) is 0 Å². The number of nitrogens with zero attached hydrogens (tertiary/aromatic N) is 3. The number of aliphatic hydroxyl groups excluding tert-OH is 1. The lowest BCUT2D eigenvalue weighted by molar-refractivity contribution is -0.0169. The molecule has 2 aromatic heterocycles. The SMILES string of the molecule is O=C(NC12CC3CC(CC(C3)C1)C2)c1nc(CN2CCC(O)C2)c2ccccn12. The summed E-state index contributed by atoms with van der Waals surface area (Å²) in [6, 6.07) is 6.00. The Kier molecular flexibility index (Phi) is 4.04. The van der Waals surface area contributed by atoms with Gasteiger partial charge in [0.25, 0.3) is 5.91 Å². The fourth-order valence-electron chi connectivity index (χ4n) is 7.11. The number of carbonyl (C=O) groups is 1. The second-order valence-electron chi connectivity index (χ2n) is 10.2. The highest BCUT2D eigenvalue weighted by molar-refractivity contribution is 5.92. The second-order valence-corrected chi connectivity index (χ2v) is 10.2. The van der Waals surface area contributed by atoms with Crippen molar-refractivity contribution in [2.24, 2.45) is 17.8 Å². The van der Waals surface area contributed by atoms with Crippen LogP contribution in [0.5, 0.6) is 0 Å². The van der Waals surface area contributed by atoms with Crippen LogP contribution in [0.2, 0.25) is 0 Å². The Morgan fingerprint density at radius 2 is 1.90 bits per heavy atom. The van der Waals surface area contributed by atoms with Crippen molar-refractivity contribution < 1.29 is 9.90 Å². The van der Waals surface area contributed by atoms with Gasteiger partial charge in [0.2, 0.25) is 5.82 Å². The van der Waals surface area contributed by atoms with Crippen LogP contribution in [0.4, 0.5) is 0 Å². The molecular weight excluding hydrogens is 364 g/mol. The third kappa shape index (κ3) is 3.08. The van der Waals surface area contributed by atoms with E-state index in [1.165, 1.54) is 19.3 Å². The van der Waals surface area contributed by atoms with E-state index in [0.717, 1.165) is 61.2 Å². The topological polar surface area (TPSA) is 69.9 Å². The number of nitrogens with one attached hydrogen (secondary N) is 1. The van der Waals surface area contributed by atoms with Gasteiger partial charge < -0.3 is 10.4 Å². The molecule has 0 radical (unpaired) electrons. The minimum Gasteiger partial charge on any atom is -0.392 e. The Morgan fingerprint density at radius 3 is 2.55 bits per heavy atom. The van der Waals surface area contributed by atoms with Gasteiger partial charge in [-0.3, -0.25) is 14.1 Å². The lowest BCUT2D eigenvalue weighted by Crippen LogP contribution is -2.60. The Balaban J connectivity index is 1.28. The number of aliphatic hydroxyl groups is 1. The van der Waals surface area contributed by atoms with E-state index in [-0.39, 0.29) is 17.6 Å². The number of rotatable bonds is 4. The van der Waals surface area contributed by atoms with Crippen molar-refractivity contribution >= 4 is 11.4 Å². The Bertz CT molecular complexity index is 916. The van der Waals surface area contributed by atoms with Gasteiger partial charge in [-0.15, -0.1) is 0 Å². The van der Waals surface area contributed by atoms with Crippen molar-refractivity contribution in [1.82, 2.24) is 19.6 Å². The van der Waals surface area contributed by atoms with E-state index in [0.29, 0.717) is 18.9 Å². The molecule has 29 heavy (non-hydrogen) atoms. The summed E-state index contributed by atoms with van der Waals surface area (Å²) in [4.78, 5) is 20.4. The summed E-state index contributed by atoms with van der Waals surface area (Å²) in [5.74, 6) is 2.88. The van der Waals surface area contributed by atoms with Crippen molar-refractivity contribution in [3.63, 3.8) is 0 Å². The van der Waals surface area contributed by atoms with Crippen LogP contribution in [0.1, 0.15) is 61.3 Å². The maximum atomic E-state index is 13.4. The number of hydrogen-bond acceptors (Lipinski definition) is 4. The third-order valence-electron chi connectivity index (χ3n) is 7.87. The molecular formula is C23H30N4O2. The lowest BCUT2D eigenvalue weighted by Gasteiger charge is -2.56. The number of hydrogen-bond donors (Lipinski definition) is 2. The van der Waals surface area contributed by atoms with Crippen LogP contribution in [0.15, 0.2) is 24.4 Å². The molecule has 4 bridgehead atoms. The first-order chi connectivity index (χ1) is 14.1. The quantitative estimate of drug-likeness (QED) is 0.836. The number of carbonyl (C=O) groups excluding carboxylic acids is 1. The van der Waals surface area contributed by atoms with E-state index in [1.807, 2.05) is 28.8 Å². The van der Waals surface area contributed by atoms with Gasteiger partial charge in [-0.05, 0) is 74.8 Å². The molecule has 7 rings (SSSR count). The van der Waals surface area contributed by atoms with Crippen molar-refractivity contribution in [3.8, 4) is 0 Å². The fourth-order valence-corrected chi connectivity index (χ4v) is 7.11. The first kappa shape index (κ1) is 17.9. The van der Waals surface area contributed by atoms with E-state index < -0.39 is 0 Å². The number of aromatic nitrogens is 2. The predicted molar refractivity (Wildman–Crippen MR) is 109 cm³/mol. The number of pyridine rings is 1. The first-order valence-electron chi connectivity index (χ1n) is 11.3. The summed E-state index contributed by atoms with van der Waals surface area (Å²) in [7, 11) is 0. The third-order valence-corrected chi connectivity index (χ3v) is 7.87. The van der Waals surface area contributed by atoms with Crippen molar-refractivity contribution in [2.45, 2.75) is 63.1 Å². The van der Waals surface area contributed by atoms with Crippen molar-refractivity contribution in [2.75, 3.05) is 13.1 Å². The summed E-state index contributed by atoms with van der Waals surface area (Å²) < 4.78 is 1.94. The highest BCUT2D eigenvalue weighted by Crippen LogP contribution is 2.55. The number of likely N-dealkylation sites (tertiary alicyclic amines) is 1. The Hall–Kier alpha value is -1.92. The fraction of sp³-hybridized carbons (Fsp3) is 0.652. The Morgan fingerprint density at radius 1 is 1.17 bits per heavy atom. The highest BCUT2D eigenvalue weighted by Gasteiger charge is 2.51. The van der Waals surface area contributed by atoms with Gasteiger partial charge in [-0.25, -0.2) is 4.98 Å². The van der Waals surface area contributed by atoms with Crippen LogP contribution in [0.25, 0.3) is 5.52 Å². The largest absolute Gasteiger partial charge is 0.392 e. The zero-order valence-corrected chi connectivity index (χ0v) is 16.9. The van der Waals surface area contributed by atoms with Gasteiger partial charge in [0.05, 0.1) is 17.3 Å². The molecule has 5 aliphatic rings. The lowest BCUT2D eigenvalue weighted by atomic mass is 9.53. The minimum atomic E-state index is -0.247. The van der Waals surface area contributed by atoms with Crippen molar-refractivity contribution in [1.29, 1.82) is 0 Å². The van der Waals surface area contributed by atoms with Gasteiger partial charge in [0, 0.05) is 31.4 Å². The molecule has 2 aromatic rings. The zero-order valence-electron chi connectivity index (χ0n) is 16.9. The van der Waals surface area contributed by atoms with Gasteiger partial charge in [-0.1, -0.05) is 6.07 Å². The molecule has 1 amide bonds. The van der Waals surface area contributed by atoms with Crippen LogP contribution in [-0.2, 0) is 6.54 Å². The number of fused-ring (bicyclic) bond motifs is 1. The summed E-state index contributed by atoms with van der Waals surface area (Å²) in [6.07, 6.45) is 10.0. The molecule has 6 heteroatoms. The molecule has 4 saturated carbocycles. The summed E-state index contributed by atoms with van der Waals surface area (Å²) in [6.45, 7) is 2.23. The van der Waals surface area contributed by atoms with Gasteiger partial charge >= 0.3 is 0 Å². The molecule has 1 saturated heterocycles. The normalized spacial score (nSPS) is 36.2. The van der Waals surface area contributed by atoms with Gasteiger partial charge in [-0.2, -0.15) is 0 Å². The molecule has 2 N–H and O–H groups in total. The van der Waals surface area contributed by atoms with E-state index >= 15 is 0 Å². The zero-order chi connectivity index (χ0) is 19.6. The predicted octanol–water partition coefficient (Wildman–Crippen LogP) is 2.60. The average Bonchev–Trinajstić information content (AvgIpc) is 3.24. The summed E-state index contributed by atoms with van der Waals surface area (Å²) in [5, 5.41) is 13.3. The van der Waals surface area contributed by atoms with Gasteiger partial charge in [0.1, 0.15) is 0 Å². The van der Waals surface area contributed by atoms with Crippen molar-refractivity contribution in [3.05, 3.63) is 35.9 Å². The van der Waals surface area contributed by atoms with Crippen LogP contribution in [-0.4, -0.2) is 50.0 Å². The van der Waals surface area contributed by atoms with Crippen LogP contribution in [0.3, 0.4) is 0 Å².